The molecular formula is C47H79NO5. The van der Waals surface area contributed by atoms with Crippen LogP contribution in [0.2, 0.25) is 0 Å². The van der Waals surface area contributed by atoms with Gasteiger partial charge < -0.3 is 15.6 Å². The molecule has 0 aromatic carbocycles. The lowest BCUT2D eigenvalue weighted by Gasteiger charge is -2.64. The maximum absolute atomic E-state index is 14.6. The molecular weight excluding hydrogens is 659 g/mol. The first kappa shape index (κ1) is 43.8. The number of esters is 1. The van der Waals surface area contributed by atoms with Crippen molar-refractivity contribution in [2.45, 2.75) is 215 Å². The van der Waals surface area contributed by atoms with Gasteiger partial charge in [0, 0.05) is 18.3 Å². The molecule has 0 amide bonds. The number of nitrogens with two attached hydrogens (primary N) is 1. The molecule has 302 valence electrons. The molecule has 0 aliphatic heterocycles. The standard InChI is InChI=1S/C47H79NO5/c1-10-11-12-13-14-15-16-17-18-22-40(49)47(53-41(50)26-24-38(48)42(51)52)32-31-44(7)36-28-30-45(8)35(34(4)21-19-20-33(2)3)27-29-46(45,9)37(36)23-25-39(44)43(47,5)6/h20,34-35,38-39H,10-19,21-32,48H2,1-9H3,(H,51,52)/t34-,35-,38+,39?,44-,45-,46+,47?/m1/s1. The Morgan fingerprint density at radius 2 is 1.47 bits per heavy atom. The van der Waals surface area contributed by atoms with Crippen molar-refractivity contribution < 1.29 is 24.2 Å². The maximum Gasteiger partial charge on any atom is 0.320 e. The minimum Gasteiger partial charge on any atom is -0.480 e. The molecule has 2 fully saturated rings. The summed E-state index contributed by atoms with van der Waals surface area (Å²) in [7, 11) is 0. The smallest absolute Gasteiger partial charge is 0.320 e. The molecule has 2 unspecified atom stereocenters. The van der Waals surface area contributed by atoms with Crippen LogP contribution >= 0.6 is 0 Å². The zero-order valence-electron chi connectivity index (χ0n) is 35.6. The number of hydrogen-bond acceptors (Lipinski definition) is 5. The van der Waals surface area contributed by atoms with Gasteiger partial charge in [-0.25, -0.2) is 0 Å². The van der Waals surface area contributed by atoms with Gasteiger partial charge in [0.15, 0.2) is 11.4 Å². The number of rotatable bonds is 20. The number of ether oxygens (including phenoxy) is 1. The van der Waals surface area contributed by atoms with Crippen LogP contribution in [0.3, 0.4) is 0 Å². The van der Waals surface area contributed by atoms with E-state index in [9.17, 15) is 19.5 Å². The first-order valence-corrected chi connectivity index (χ1v) is 22.0. The second kappa shape index (κ2) is 17.9. The van der Waals surface area contributed by atoms with Crippen molar-refractivity contribution in [3.05, 3.63) is 22.8 Å². The van der Waals surface area contributed by atoms with E-state index in [0.29, 0.717) is 24.2 Å². The highest BCUT2D eigenvalue weighted by Crippen LogP contribution is 2.73. The summed E-state index contributed by atoms with van der Waals surface area (Å²) in [6.07, 6.45) is 24.1. The molecule has 4 aliphatic carbocycles. The van der Waals surface area contributed by atoms with E-state index in [-0.39, 0.29) is 35.4 Å². The molecule has 4 aliphatic rings. The average Bonchev–Trinajstić information content (AvgIpc) is 3.38. The summed E-state index contributed by atoms with van der Waals surface area (Å²) < 4.78 is 6.48. The van der Waals surface area contributed by atoms with Gasteiger partial charge in [-0.3, -0.25) is 14.4 Å². The molecule has 0 aromatic heterocycles. The number of allylic oxidation sites excluding steroid dienone is 4. The summed E-state index contributed by atoms with van der Waals surface area (Å²) in [6.45, 7) is 21.3. The van der Waals surface area contributed by atoms with E-state index in [1.165, 1.54) is 76.2 Å². The highest BCUT2D eigenvalue weighted by molar-refractivity contribution is 5.91. The van der Waals surface area contributed by atoms with Crippen LogP contribution in [0.1, 0.15) is 204 Å². The SMILES string of the molecule is CCCCCCCCCCCC(=O)C1(OC(=O)CC[C@H](N)C(=O)O)CC[C@]2(C)C3=C(CCC2C1(C)C)[C@]1(C)CC[C@H]([C@H](C)CCC=C(C)C)[C@@]1(C)CC3. The van der Waals surface area contributed by atoms with Crippen molar-refractivity contribution in [3.63, 3.8) is 0 Å². The van der Waals surface area contributed by atoms with Crippen LogP contribution in [-0.2, 0) is 19.1 Å². The second-order valence-corrected chi connectivity index (χ2v) is 19.7. The topological polar surface area (TPSA) is 107 Å². The van der Waals surface area contributed by atoms with E-state index >= 15 is 0 Å². The Hall–Kier alpha value is -1.95. The lowest BCUT2D eigenvalue weighted by atomic mass is 9.41. The van der Waals surface area contributed by atoms with Crippen LogP contribution in [-0.4, -0.2) is 34.5 Å². The van der Waals surface area contributed by atoms with E-state index in [1.54, 1.807) is 11.1 Å². The van der Waals surface area contributed by atoms with Crippen molar-refractivity contribution in [3.8, 4) is 0 Å². The summed E-state index contributed by atoms with van der Waals surface area (Å²) in [5.41, 5.74) is 9.25. The zero-order chi connectivity index (χ0) is 39.2. The fraction of sp³-hybridized carbons (Fsp3) is 0.851. The van der Waals surface area contributed by atoms with Gasteiger partial charge in [-0.15, -0.1) is 0 Å². The summed E-state index contributed by atoms with van der Waals surface area (Å²) in [4.78, 5) is 39.6. The van der Waals surface area contributed by atoms with Gasteiger partial charge >= 0.3 is 11.9 Å². The monoisotopic (exact) mass is 738 g/mol. The molecule has 3 N–H and O–H groups in total. The minimum absolute atomic E-state index is 0.000415. The molecule has 0 spiro atoms. The highest BCUT2D eigenvalue weighted by atomic mass is 16.6. The van der Waals surface area contributed by atoms with E-state index in [0.717, 1.165) is 50.9 Å². The number of ketones is 1. The van der Waals surface area contributed by atoms with Gasteiger partial charge in [0.1, 0.15) is 6.04 Å². The Bertz CT molecular complexity index is 1360. The zero-order valence-corrected chi connectivity index (χ0v) is 35.6. The molecule has 0 radical (unpaired) electrons. The maximum atomic E-state index is 14.6. The Morgan fingerprint density at radius 1 is 0.830 bits per heavy atom. The number of aliphatic carboxylic acids is 1. The number of carbonyl (C=O) groups is 3. The molecule has 0 bridgehead atoms. The predicted molar refractivity (Wildman–Crippen MR) is 217 cm³/mol. The predicted octanol–water partition coefficient (Wildman–Crippen LogP) is 12.1. The largest absolute Gasteiger partial charge is 0.480 e. The van der Waals surface area contributed by atoms with Crippen LogP contribution < -0.4 is 5.73 Å². The van der Waals surface area contributed by atoms with Gasteiger partial charge in [0.05, 0.1) is 0 Å². The van der Waals surface area contributed by atoms with Gasteiger partial charge in [-0.05, 0) is 125 Å². The van der Waals surface area contributed by atoms with E-state index < -0.39 is 29.0 Å². The van der Waals surface area contributed by atoms with Crippen molar-refractivity contribution in [1.82, 2.24) is 0 Å². The van der Waals surface area contributed by atoms with Crippen LogP contribution in [0.4, 0.5) is 0 Å². The van der Waals surface area contributed by atoms with Crippen LogP contribution in [0.25, 0.3) is 0 Å². The third-order valence-corrected chi connectivity index (χ3v) is 16.1. The quantitative estimate of drug-likeness (QED) is 0.0732. The number of carboxylic acid groups (broad SMARTS) is 1. The first-order valence-electron chi connectivity index (χ1n) is 22.0. The third-order valence-electron chi connectivity index (χ3n) is 16.1. The van der Waals surface area contributed by atoms with E-state index in [2.05, 4.69) is 68.4 Å². The normalized spacial score (nSPS) is 32.9. The Kier molecular flexibility index (Phi) is 14.8. The first-order chi connectivity index (χ1) is 24.9. The molecule has 8 atom stereocenters. The number of Topliss-reactive ketones (excluding diaryl/α,β-unsaturated/α-hetero) is 1. The molecule has 6 nitrogen and oxygen atoms in total. The molecule has 0 saturated heterocycles. The van der Waals surface area contributed by atoms with Crippen LogP contribution in [0, 0.1) is 39.4 Å². The van der Waals surface area contributed by atoms with Crippen molar-refractivity contribution in [2.24, 2.45) is 45.1 Å². The van der Waals surface area contributed by atoms with Gasteiger partial charge in [-0.2, -0.15) is 0 Å². The summed E-state index contributed by atoms with van der Waals surface area (Å²) in [6, 6.07) is -1.13. The van der Waals surface area contributed by atoms with Crippen molar-refractivity contribution >= 4 is 17.7 Å². The van der Waals surface area contributed by atoms with E-state index in [1.807, 2.05) is 0 Å². The van der Waals surface area contributed by atoms with E-state index in [4.69, 9.17) is 10.5 Å². The van der Waals surface area contributed by atoms with Gasteiger partial charge in [0.25, 0.3) is 0 Å². The van der Waals surface area contributed by atoms with Crippen LogP contribution in [0.15, 0.2) is 22.8 Å². The summed E-state index contributed by atoms with van der Waals surface area (Å²) in [5, 5.41) is 9.35. The average molecular weight is 738 g/mol. The number of unbranched alkanes of at least 4 members (excludes halogenated alkanes) is 8. The van der Waals surface area contributed by atoms with Gasteiger partial charge in [-0.1, -0.05) is 123 Å². The highest BCUT2D eigenvalue weighted by Gasteiger charge is 2.68. The third kappa shape index (κ3) is 8.73. The fourth-order valence-electron chi connectivity index (χ4n) is 12.6. The Labute approximate surface area is 324 Å². The molecule has 4 rings (SSSR count). The van der Waals surface area contributed by atoms with Crippen LogP contribution in [0.5, 0.6) is 0 Å². The molecule has 2 saturated carbocycles. The fourth-order valence-corrected chi connectivity index (χ4v) is 12.6. The molecule has 0 aromatic rings. The van der Waals surface area contributed by atoms with Crippen molar-refractivity contribution in [2.75, 3.05) is 0 Å². The van der Waals surface area contributed by atoms with Crippen molar-refractivity contribution in [1.29, 1.82) is 0 Å². The number of hydrogen-bond donors (Lipinski definition) is 2. The summed E-state index contributed by atoms with van der Waals surface area (Å²) >= 11 is 0. The second-order valence-electron chi connectivity index (χ2n) is 19.7. The molecule has 53 heavy (non-hydrogen) atoms. The number of carbonyl (C=O) groups excluding carboxylic acids is 2. The molecule has 0 heterocycles. The Balaban J connectivity index is 1.57. The summed E-state index contributed by atoms with van der Waals surface area (Å²) in [5.74, 6) is 0.0887. The number of carboxylic acids is 1. The lowest BCUT2D eigenvalue weighted by Crippen LogP contribution is -2.65. The van der Waals surface area contributed by atoms with Gasteiger partial charge in [0.2, 0.25) is 0 Å². The lowest BCUT2D eigenvalue weighted by molar-refractivity contribution is -0.208. The molecule has 6 heteroatoms. The Morgan fingerprint density at radius 3 is 2.09 bits per heavy atom. The minimum atomic E-state index is -1.22. The number of fused-ring (bicyclic) bond motifs is 4.